The summed E-state index contributed by atoms with van der Waals surface area (Å²) in [6, 6.07) is 8.29. The van der Waals surface area contributed by atoms with Crippen LogP contribution in [-0.2, 0) is 9.59 Å². The maximum Gasteiger partial charge on any atom is 0.364 e. The Bertz CT molecular complexity index is 387. The van der Waals surface area contributed by atoms with Crippen molar-refractivity contribution in [1.29, 1.82) is 0 Å². The van der Waals surface area contributed by atoms with Gasteiger partial charge in [0.1, 0.15) is 0 Å². The van der Waals surface area contributed by atoms with E-state index in [1.807, 2.05) is 0 Å². The molecule has 1 amide bonds. The lowest BCUT2D eigenvalue weighted by Crippen LogP contribution is -2.41. The average Bonchev–Trinajstić information content (AvgIpc) is 2.17. The van der Waals surface area contributed by atoms with Crippen LogP contribution in [0.1, 0.15) is 6.42 Å². The Balaban J connectivity index is 2.58. The SMILES string of the molecule is O=C(CC(O)(O)C(=O)O)Nc1ccccc1. The van der Waals surface area contributed by atoms with Gasteiger partial charge < -0.3 is 20.6 Å². The zero-order valence-corrected chi connectivity index (χ0v) is 8.25. The third kappa shape index (κ3) is 3.34. The zero-order valence-electron chi connectivity index (χ0n) is 8.25. The molecule has 6 nitrogen and oxygen atoms in total. The first-order valence-corrected chi connectivity index (χ1v) is 4.45. The maximum atomic E-state index is 11.2. The molecule has 0 unspecified atom stereocenters. The third-order valence-corrected chi connectivity index (χ3v) is 1.81. The number of hydrogen-bond acceptors (Lipinski definition) is 4. The van der Waals surface area contributed by atoms with E-state index in [0.717, 1.165) is 0 Å². The fourth-order valence-electron chi connectivity index (χ4n) is 1.03. The number of carbonyl (C=O) groups is 2. The molecule has 0 aliphatic carbocycles. The number of carboxylic acid groups (broad SMARTS) is 1. The number of para-hydroxylation sites is 1. The highest BCUT2D eigenvalue weighted by Crippen LogP contribution is 2.10. The molecule has 0 aliphatic heterocycles. The molecule has 0 radical (unpaired) electrons. The topological polar surface area (TPSA) is 107 Å². The lowest BCUT2D eigenvalue weighted by molar-refractivity contribution is -0.205. The van der Waals surface area contributed by atoms with Crippen LogP contribution in [-0.4, -0.2) is 33.0 Å². The summed E-state index contributed by atoms with van der Waals surface area (Å²) in [4.78, 5) is 21.6. The fraction of sp³-hybridized carbons (Fsp3) is 0.200. The van der Waals surface area contributed by atoms with Crippen LogP contribution < -0.4 is 5.32 Å². The van der Waals surface area contributed by atoms with E-state index in [1.54, 1.807) is 30.3 Å². The van der Waals surface area contributed by atoms with Gasteiger partial charge in [0.2, 0.25) is 5.91 Å². The summed E-state index contributed by atoms with van der Waals surface area (Å²) in [5.74, 6) is -5.70. The molecule has 1 rings (SSSR count). The van der Waals surface area contributed by atoms with Crippen molar-refractivity contribution in [3.05, 3.63) is 30.3 Å². The second-order valence-electron chi connectivity index (χ2n) is 3.21. The molecule has 0 saturated heterocycles. The van der Waals surface area contributed by atoms with Gasteiger partial charge in [-0.25, -0.2) is 4.79 Å². The van der Waals surface area contributed by atoms with Crippen molar-refractivity contribution >= 4 is 17.6 Å². The Kier molecular flexibility index (Phi) is 3.60. The summed E-state index contributed by atoms with van der Waals surface area (Å²) < 4.78 is 0. The molecule has 6 heteroatoms. The van der Waals surface area contributed by atoms with Gasteiger partial charge in [0, 0.05) is 5.69 Å². The average molecular weight is 225 g/mol. The van der Waals surface area contributed by atoms with Gasteiger partial charge in [-0.2, -0.15) is 0 Å². The van der Waals surface area contributed by atoms with Crippen LogP contribution in [0.3, 0.4) is 0 Å². The van der Waals surface area contributed by atoms with Crippen molar-refractivity contribution in [3.8, 4) is 0 Å². The van der Waals surface area contributed by atoms with Gasteiger partial charge in [-0.05, 0) is 12.1 Å². The summed E-state index contributed by atoms with van der Waals surface area (Å²) in [6.07, 6.45) is -0.933. The van der Waals surface area contributed by atoms with Crippen LogP contribution in [0, 0.1) is 0 Å². The number of aliphatic carboxylic acids is 1. The van der Waals surface area contributed by atoms with Crippen molar-refractivity contribution in [2.24, 2.45) is 0 Å². The minimum atomic E-state index is -3.04. The van der Waals surface area contributed by atoms with E-state index < -0.39 is 24.1 Å². The largest absolute Gasteiger partial charge is 0.477 e. The van der Waals surface area contributed by atoms with Gasteiger partial charge >= 0.3 is 5.97 Å². The molecule has 0 bridgehead atoms. The molecular formula is C10H11NO5. The molecule has 1 aromatic rings. The lowest BCUT2D eigenvalue weighted by Gasteiger charge is -2.15. The molecule has 0 aliphatic rings. The summed E-state index contributed by atoms with van der Waals surface area (Å²) in [5.41, 5.74) is 0.452. The van der Waals surface area contributed by atoms with Crippen LogP contribution in [0.2, 0.25) is 0 Å². The maximum absolute atomic E-state index is 11.2. The Morgan fingerprint density at radius 1 is 1.19 bits per heavy atom. The molecule has 0 atom stereocenters. The minimum Gasteiger partial charge on any atom is -0.477 e. The van der Waals surface area contributed by atoms with E-state index in [1.165, 1.54) is 0 Å². The standard InChI is InChI=1S/C10H11NO5/c12-8(6-10(15,16)9(13)14)11-7-4-2-1-3-5-7/h1-5,15-16H,6H2,(H,11,12)(H,13,14). The quantitative estimate of drug-likeness (QED) is 0.530. The Hall–Kier alpha value is -1.92. The number of hydrogen-bond donors (Lipinski definition) is 4. The number of carboxylic acids is 1. The number of carbonyl (C=O) groups excluding carboxylic acids is 1. The Labute approximate surface area is 91.1 Å². The first-order chi connectivity index (χ1) is 7.42. The van der Waals surface area contributed by atoms with Crippen LogP contribution in [0.15, 0.2) is 30.3 Å². The van der Waals surface area contributed by atoms with Gasteiger partial charge in [0.05, 0.1) is 6.42 Å². The molecule has 16 heavy (non-hydrogen) atoms. The van der Waals surface area contributed by atoms with E-state index >= 15 is 0 Å². The number of rotatable bonds is 4. The lowest BCUT2D eigenvalue weighted by atomic mass is 10.2. The van der Waals surface area contributed by atoms with Gasteiger partial charge in [-0.1, -0.05) is 18.2 Å². The van der Waals surface area contributed by atoms with E-state index in [2.05, 4.69) is 5.32 Å². The van der Waals surface area contributed by atoms with E-state index in [4.69, 9.17) is 15.3 Å². The molecule has 86 valence electrons. The monoisotopic (exact) mass is 225 g/mol. The van der Waals surface area contributed by atoms with Crippen LogP contribution in [0.4, 0.5) is 5.69 Å². The van der Waals surface area contributed by atoms with E-state index in [9.17, 15) is 9.59 Å². The van der Waals surface area contributed by atoms with E-state index in [-0.39, 0.29) is 0 Å². The third-order valence-electron chi connectivity index (χ3n) is 1.81. The second kappa shape index (κ2) is 4.73. The predicted molar refractivity (Wildman–Crippen MR) is 54.5 cm³/mol. The molecular weight excluding hydrogens is 214 g/mol. The van der Waals surface area contributed by atoms with Gasteiger partial charge in [0.15, 0.2) is 0 Å². The summed E-state index contributed by atoms with van der Waals surface area (Å²) in [5, 5.41) is 28.6. The van der Waals surface area contributed by atoms with Crippen LogP contribution in [0.5, 0.6) is 0 Å². The zero-order chi connectivity index (χ0) is 12.2. The highest BCUT2D eigenvalue weighted by molar-refractivity contribution is 5.94. The van der Waals surface area contributed by atoms with Crippen LogP contribution >= 0.6 is 0 Å². The second-order valence-corrected chi connectivity index (χ2v) is 3.21. The highest BCUT2D eigenvalue weighted by Gasteiger charge is 2.35. The number of benzene rings is 1. The molecule has 0 fully saturated rings. The Morgan fingerprint density at radius 3 is 2.25 bits per heavy atom. The number of aliphatic hydroxyl groups is 2. The Morgan fingerprint density at radius 2 is 1.75 bits per heavy atom. The van der Waals surface area contributed by atoms with Gasteiger partial charge in [-0.3, -0.25) is 4.79 Å². The molecule has 1 aromatic carbocycles. The molecule has 4 N–H and O–H groups in total. The first kappa shape index (κ1) is 12.2. The predicted octanol–water partition coefficient (Wildman–Crippen LogP) is -0.219. The van der Waals surface area contributed by atoms with Crippen molar-refractivity contribution in [3.63, 3.8) is 0 Å². The summed E-state index contributed by atoms with van der Waals surface area (Å²) in [7, 11) is 0. The summed E-state index contributed by atoms with van der Waals surface area (Å²) >= 11 is 0. The summed E-state index contributed by atoms with van der Waals surface area (Å²) in [6.45, 7) is 0. The first-order valence-electron chi connectivity index (χ1n) is 4.45. The number of amides is 1. The number of nitrogens with one attached hydrogen (secondary N) is 1. The smallest absolute Gasteiger partial charge is 0.364 e. The molecule has 0 heterocycles. The van der Waals surface area contributed by atoms with Crippen molar-refractivity contribution < 1.29 is 24.9 Å². The van der Waals surface area contributed by atoms with Gasteiger partial charge in [-0.15, -0.1) is 0 Å². The van der Waals surface area contributed by atoms with Crippen LogP contribution in [0.25, 0.3) is 0 Å². The highest BCUT2D eigenvalue weighted by atomic mass is 16.5. The number of anilines is 1. The molecule has 0 aromatic heterocycles. The van der Waals surface area contributed by atoms with Crippen molar-refractivity contribution in [2.75, 3.05) is 5.32 Å². The van der Waals surface area contributed by atoms with Crippen molar-refractivity contribution in [2.45, 2.75) is 12.2 Å². The normalized spacial score (nSPS) is 10.9. The van der Waals surface area contributed by atoms with Gasteiger partial charge in [0.25, 0.3) is 5.79 Å². The molecule has 0 spiro atoms. The van der Waals surface area contributed by atoms with E-state index in [0.29, 0.717) is 5.69 Å². The fourth-order valence-corrected chi connectivity index (χ4v) is 1.03. The minimum absolute atomic E-state index is 0.452. The molecule has 0 saturated carbocycles. The van der Waals surface area contributed by atoms with Crippen molar-refractivity contribution in [1.82, 2.24) is 0 Å².